The lowest BCUT2D eigenvalue weighted by atomic mass is 9.96. The van der Waals surface area contributed by atoms with Crippen molar-refractivity contribution in [1.82, 2.24) is 19.4 Å². The monoisotopic (exact) mass is 490 g/mol. The van der Waals surface area contributed by atoms with Crippen LogP contribution in [0.1, 0.15) is 50.4 Å². The first-order valence-corrected chi connectivity index (χ1v) is 12.2. The Balaban J connectivity index is 1.32. The molecule has 0 unspecified atom stereocenters. The van der Waals surface area contributed by atoms with Crippen LogP contribution in [0.25, 0.3) is 0 Å². The van der Waals surface area contributed by atoms with Crippen LogP contribution in [-0.2, 0) is 19.4 Å². The summed E-state index contributed by atoms with van der Waals surface area (Å²) in [5, 5.41) is 0. The average molecular weight is 491 g/mol. The second kappa shape index (κ2) is 9.93. The summed E-state index contributed by atoms with van der Waals surface area (Å²) in [6.45, 7) is 1.46. The van der Waals surface area contributed by atoms with Gasteiger partial charge in [0.15, 0.2) is 0 Å². The zero-order chi connectivity index (χ0) is 25.2. The van der Waals surface area contributed by atoms with Crippen LogP contribution in [0, 0.1) is 5.82 Å². The Bertz CT molecular complexity index is 1420. The Morgan fingerprint density at radius 2 is 1.53 bits per heavy atom. The highest BCUT2D eigenvalue weighted by atomic mass is 19.1. The summed E-state index contributed by atoms with van der Waals surface area (Å²) in [5.74, 6) is -1.18. The summed E-state index contributed by atoms with van der Waals surface area (Å²) in [7, 11) is 0. The molecule has 36 heavy (non-hydrogen) atoms. The van der Waals surface area contributed by atoms with Gasteiger partial charge in [0, 0.05) is 43.0 Å². The first-order valence-electron chi connectivity index (χ1n) is 12.2. The molecule has 0 spiro atoms. The van der Waals surface area contributed by atoms with Crippen LogP contribution in [0.2, 0.25) is 0 Å². The van der Waals surface area contributed by atoms with E-state index in [4.69, 9.17) is 0 Å². The number of aromatic amines is 1. The molecule has 1 aromatic heterocycles. The number of piperazine rings is 1. The molecule has 9 heteroatoms. The highest BCUT2D eigenvalue weighted by molar-refractivity contribution is 5.96. The predicted molar refractivity (Wildman–Crippen MR) is 132 cm³/mol. The van der Waals surface area contributed by atoms with Gasteiger partial charge in [0.25, 0.3) is 17.4 Å². The van der Waals surface area contributed by atoms with Crippen molar-refractivity contribution < 1.29 is 14.0 Å². The minimum Gasteiger partial charge on any atom is -0.335 e. The van der Waals surface area contributed by atoms with Crippen LogP contribution < -0.4 is 11.2 Å². The lowest BCUT2D eigenvalue weighted by Gasteiger charge is -2.35. The molecule has 1 saturated heterocycles. The number of fused-ring (bicyclic) bond motifs is 1. The zero-order valence-corrected chi connectivity index (χ0v) is 19.8. The fourth-order valence-corrected chi connectivity index (χ4v) is 5.03. The number of carbonyl (C=O) groups excluding carboxylic acids is 2. The molecule has 8 nitrogen and oxygen atoms in total. The molecule has 0 atom stereocenters. The van der Waals surface area contributed by atoms with Crippen molar-refractivity contribution in [3.8, 4) is 0 Å². The number of H-pyrrole nitrogens is 1. The SMILES string of the molecule is O=C(c1ccccc1)N1CCN(C(=O)c2cc(Cn3c4c(c(=O)[nH]c3=O)CCCC4)ccc2F)CC1. The number of benzene rings is 2. The molecule has 5 rings (SSSR count). The van der Waals surface area contributed by atoms with Crippen LogP contribution in [-0.4, -0.2) is 57.3 Å². The Morgan fingerprint density at radius 3 is 2.25 bits per heavy atom. The van der Waals surface area contributed by atoms with E-state index in [1.807, 2.05) is 6.07 Å². The quantitative estimate of drug-likeness (QED) is 0.607. The number of rotatable bonds is 4. The van der Waals surface area contributed by atoms with Crippen LogP contribution in [0.15, 0.2) is 58.1 Å². The maximum absolute atomic E-state index is 14.7. The highest BCUT2D eigenvalue weighted by Gasteiger charge is 2.27. The first-order chi connectivity index (χ1) is 17.4. The van der Waals surface area contributed by atoms with E-state index in [1.165, 1.54) is 16.7 Å². The van der Waals surface area contributed by atoms with Gasteiger partial charge in [-0.25, -0.2) is 9.18 Å². The summed E-state index contributed by atoms with van der Waals surface area (Å²) in [6, 6.07) is 13.2. The van der Waals surface area contributed by atoms with Crippen LogP contribution in [0.5, 0.6) is 0 Å². The fraction of sp³-hybridized carbons (Fsp3) is 0.333. The standard InChI is InChI=1S/C27H27FN4O4/c28-22-11-10-18(17-32-23-9-5-4-8-20(23)24(33)29-27(32)36)16-21(22)26(35)31-14-12-30(13-15-31)25(34)19-6-2-1-3-7-19/h1-3,6-7,10-11,16H,4-5,8-9,12-15,17H2,(H,29,33,36). The van der Waals surface area contributed by atoms with Crippen molar-refractivity contribution in [1.29, 1.82) is 0 Å². The Kier molecular flexibility index (Phi) is 6.54. The third kappa shape index (κ3) is 4.60. The van der Waals surface area contributed by atoms with Crippen molar-refractivity contribution in [3.63, 3.8) is 0 Å². The van der Waals surface area contributed by atoms with Gasteiger partial charge < -0.3 is 9.80 Å². The second-order valence-corrected chi connectivity index (χ2v) is 9.24. The summed E-state index contributed by atoms with van der Waals surface area (Å²) in [6.07, 6.45) is 3.04. The maximum atomic E-state index is 14.7. The smallest absolute Gasteiger partial charge is 0.328 e. The molecule has 1 fully saturated rings. The van der Waals surface area contributed by atoms with Gasteiger partial charge >= 0.3 is 5.69 Å². The average Bonchev–Trinajstić information content (AvgIpc) is 2.91. The summed E-state index contributed by atoms with van der Waals surface area (Å²) in [5.41, 5.74) is 1.62. The summed E-state index contributed by atoms with van der Waals surface area (Å²) < 4.78 is 16.2. The minimum absolute atomic E-state index is 0.0679. The third-order valence-electron chi connectivity index (χ3n) is 6.98. The third-order valence-corrected chi connectivity index (χ3v) is 6.98. The molecule has 0 radical (unpaired) electrons. The second-order valence-electron chi connectivity index (χ2n) is 9.24. The van der Waals surface area contributed by atoms with Crippen molar-refractivity contribution in [2.75, 3.05) is 26.2 Å². The molecule has 0 saturated carbocycles. The molecule has 1 aliphatic heterocycles. The van der Waals surface area contributed by atoms with E-state index in [1.54, 1.807) is 40.1 Å². The lowest BCUT2D eigenvalue weighted by molar-refractivity contribution is 0.0532. The van der Waals surface area contributed by atoms with Gasteiger partial charge in [-0.15, -0.1) is 0 Å². The molecule has 1 N–H and O–H groups in total. The Morgan fingerprint density at radius 1 is 0.861 bits per heavy atom. The van der Waals surface area contributed by atoms with E-state index >= 15 is 0 Å². The molecule has 2 aliphatic rings. The molecule has 2 heterocycles. The van der Waals surface area contributed by atoms with Gasteiger partial charge in [0.1, 0.15) is 5.82 Å². The number of hydrogen-bond donors (Lipinski definition) is 1. The largest absolute Gasteiger partial charge is 0.335 e. The van der Waals surface area contributed by atoms with E-state index in [-0.39, 0.29) is 23.6 Å². The fourth-order valence-electron chi connectivity index (χ4n) is 5.03. The molecule has 0 bridgehead atoms. The van der Waals surface area contributed by atoms with Crippen molar-refractivity contribution in [2.24, 2.45) is 0 Å². The first kappa shape index (κ1) is 23.7. The van der Waals surface area contributed by atoms with Gasteiger partial charge in [-0.3, -0.25) is 23.9 Å². The summed E-state index contributed by atoms with van der Waals surface area (Å²) >= 11 is 0. The van der Waals surface area contributed by atoms with Crippen molar-refractivity contribution in [3.05, 3.63) is 103 Å². The summed E-state index contributed by atoms with van der Waals surface area (Å²) in [4.78, 5) is 56.3. The van der Waals surface area contributed by atoms with Crippen LogP contribution >= 0.6 is 0 Å². The van der Waals surface area contributed by atoms with Gasteiger partial charge in [-0.1, -0.05) is 24.3 Å². The number of amides is 2. The molecular weight excluding hydrogens is 463 g/mol. The minimum atomic E-state index is -0.637. The van der Waals surface area contributed by atoms with Gasteiger partial charge in [-0.05, 0) is 55.5 Å². The van der Waals surface area contributed by atoms with E-state index < -0.39 is 17.4 Å². The topological polar surface area (TPSA) is 95.5 Å². The number of nitrogens with one attached hydrogen (secondary N) is 1. The molecule has 1 aliphatic carbocycles. The van der Waals surface area contributed by atoms with Gasteiger partial charge in [0.05, 0.1) is 12.1 Å². The molecule has 3 aromatic rings. The number of aromatic nitrogens is 2. The van der Waals surface area contributed by atoms with E-state index in [9.17, 15) is 23.6 Å². The molecular formula is C27H27FN4O4. The van der Waals surface area contributed by atoms with Crippen LogP contribution in [0.3, 0.4) is 0 Å². The number of halogens is 1. The Hall–Kier alpha value is -4.01. The van der Waals surface area contributed by atoms with E-state index in [0.29, 0.717) is 61.4 Å². The van der Waals surface area contributed by atoms with Crippen LogP contribution in [0.4, 0.5) is 4.39 Å². The van der Waals surface area contributed by atoms with Gasteiger partial charge in [-0.2, -0.15) is 0 Å². The zero-order valence-electron chi connectivity index (χ0n) is 19.8. The Labute approximate surface area is 207 Å². The van der Waals surface area contributed by atoms with E-state index in [0.717, 1.165) is 12.8 Å². The molecule has 2 amide bonds. The van der Waals surface area contributed by atoms with Crippen molar-refractivity contribution >= 4 is 11.8 Å². The highest BCUT2D eigenvalue weighted by Crippen LogP contribution is 2.20. The van der Waals surface area contributed by atoms with E-state index in [2.05, 4.69) is 4.98 Å². The predicted octanol–water partition coefficient (Wildman–Crippen LogP) is 2.20. The number of carbonyl (C=O) groups is 2. The normalized spacial score (nSPS) is 15.5. The number of nitrogens with zero attached hydrogens (tertiary/aromatic N) is 3. The number of hydrogen-bond acceptors (Lipinski definition) is 4. The lowest BCUT2D eigenvalue weighted by Crippen LogP contribution is -2.50. The van der Waals surface area contributed by atoms with Gasteiger partial charge in [0.2, 0.25) is 0 Å². The van der Waals surface area contributed by atoms with Crippen molar-refractivity contribution in [2.45, 2.75) is 32.2 Å². The maximum Gasteiger partial charge on any atom is 0.328 e. The molecule has 186 valence electrons. The molecule has 2 aromatic carbocycles.